The Morgan fingerprint density at radius 1 is 0.788 bits per heavy atom. The number of benzene rings is 2. The van der Waals surface area contributed by atoms with Gasteiger partial charge in [-0.05, 0) is 30.2 Å². The quantitative estimate of drug-likeness (QED) is 0.427. The lowest BCUT2D eigenvalue weighted by Gasteiger charge is -2.36. The summed E-state index contributed by atoms with van der Waals surface area (Å²) in [6.45, 7) is -1.06. The average molecular weight is 468 g/mol. The minimum atomic E-state index is -3.67. The predicted molar refractivity (Wildman–Crippen MR) is 108 cm³/mol. The van der Waals surface area contributed by atoms with E-state index in [9.17, 15) is 36.3 Å². The molecule has 2 aromatic carbocycles. The Balaban J connectivity index is 1.73. The van der Waals surface area contributed by atoms with Crippen molar-refractivity contribution in [3.63, 3.8) is 0 Å². The summed E-state index contributed by atoms with van der Waals surface area (Å²) in [6.07, 6.45) is -2.75. The average Bonchev–Trinajstić information content (AvgIpc) is 2.68. The van der Waals surface area contributed by atoms with E-state index in [0.717, 1.165) is 17.7 Å². The number of amides is 4. The van der Waals surface area contributed by atoms with Crippen molar-refractivity contribution in [2.75, 3.05) is 13.1 Å². The van der Waals surface area contributed by atoms with Gasteiger partial charge in [0.25, 0.3) is 11.8 Å². The molecule has 4 amide bonds. The van der Waals surface area contributed by atoms with Gasteiger partial charge in [0.15, 0.2) is 0 Å². The normalized spacial score (nSPS) is 15.4. The third kappa shape index (κ3) is 6.36. The Labute approximate surface area is 186 Å². The number of rotatable bonds is 8. The number of barbiturate groups is 1. The molecule has 5 nitrogen and oxygen atoms in total. The van der Waals surface area contributed by atoms with Crippen LogP contribution in [0.3, 0.4) is 0 Å². The summed E-state index contributed by atoms with van der Waals surface area (Å²) < 4.78 is 71.6. The Morgan fingerprint density at radius 3 is 1.76 bits per heavy atom. The van der Waals surface area contributed by atoms with E-state index in [2.05, 4.69) is 0 Å². The maximum Gasteiger partial charge on any atom is 0.333 e. The van der Waals surface area contributed by atoms with Crippen LogP contribution in [-0.4, -0.2) is 52.6 Å². The van der Waals surface area contributed by atoms with Crippen LogP contribution < -0.4 is 0 Å². The molecule has 1 heterocycles. The number of halogens is 5. The summed E-state index contributed by atoms with van der Waals surface area (Å²) >= 11 is 0. The van der Waals surface area contributed by atoms with Gasteiger partial charge in [0.1, 0.15) is 12.2 Å². The molecule has 1 fully saturated rings. The summed E-state index contributed by atoms with van der Waals surface area (Å²) in [5, 5.41) is 0. The molecule has 10 heteroatoms. The number of nitrogens with zero attached hydrogens (tertiary/aromatic N) is 2. The highest BCUT2D eigenvalue weighted by molar-refractivity contribution is 6.14. The van der Waals surface area contributed by atoms with E-state index in [1.165, 1.54) is 24.3 Å². The van der Waals surface area contributed by atoms with E-state index < -0.39 is 67.9 Å². The number of aryl methyl sites for hydroxylation is 1. The van der Waals surface area contributed by atoms with Gasteiger partial charge in [-0.1, -0.05) is 42.0 Å². The van der Waals surface area contributed by atoms with Crippen molar-refractivity contribution in [3.05, 3.63) is 71.0 Å². The maximum atomic E-state index is 14.6. The van der Waals surface area contributed by atoms with Crippen LogP contribution in [0.4, 0.5) is 26.7 Å². The molecule has 0 N–H and O–H groups in total. The van der Waals surface area contributed by atoms with Gasteiger partial charge >= 0.3 is 6.03 Å². The third-order valence-electron chi connectivity index (χ3n) is 5.04. The number of hydrogen-bond acceptors (Lipinski definition) is 3. The second-order valence-corrected chi connectivity index (χ2v) is 8.10. The van der Waals surface area contributed by atoms with Crippen LogP contribution in [0.1, 0.15) is 23.1 Å². The van der Waals surface area contributed by atoms with Crippen molar-refractivity contribution in [2.24, 2.45) is 0 Å². The Morgan fingerprint density at radius 2 is 1.27 bits per heavy atom. The van der Waals surface area contributed by atoms with Crippen molar-refractivity contribution in [1.29, 1.82) is 0 Å². The van der Waals surface area contributed by atoms with Gasteiger partial charge < -0.3 is 0 Å². The van der Waals surface area contributed by atoms with E-state index in [0.29, 0.717) is 0 Å². The highest BCUT2D eigenvalue weighted by Gasteiger charge is 2.46. The molecule has 1 saturated heterocycles. The summed E-state index contributed by atoms with van der Waals surface area (Å²) in [7, 11) is 0. The molecule has 0 unspecified atom stereocenters. The van der Waals surface area contributed by atoms with Crippen LogP contribution in [0.2, 0.25) is 0 Å². The first-order chi connectivity index (χ1) is 15.3. The minimum Gasteiger partial charge on any atom is -0.274 e. The van der Waals surface area contributed by atoms with E-state index in [1.807, 2.05) is 0 Å². The second-order valence-electron chi connectivity index (χ2n) is 8.10. The first-order valence-electron chi connectivity index (χ1n) is 10.1. The highest BCUT2D eigenvalue weighted by Crippen LogP contribution is 2.28. The molecule has 2 aromatic rings. The first-order valence-corrected chi connectivity index (χ1v) is 10.1. The zero-order valence-electron chi connectivity index (χ0n) is 17.7. The predicted octanol–water partition coefficient (Wildman–Crippen LogP) is 4.37. The lowest BCUT2D eigenvalue weighted by Crippen LogP contribution is -2.60. The standard InChI is InChI=1S/C23H21F5N2O3/c1-15-4-2-5-16(8-15)11-22(25,26)13-29-19(31)10-20(32)30(21(29)33)14-23(27,28)12-17-6-3-7-18(24)9-17/h2-9H,10-14H2,1H3. The van der Waals surface area contributed by atoms with Crippen LogP contribution in [0.25, 0.3) is 0 Å². The van der Waals surface area contributed by atoms with Crippen LogP contribution >= 0.6 is 0 Å². The number of hydrogen-bond donors (Lipinski definition) is 0. The fraction of sp³-hybridized carbons (Fsp3) is 0.348. The molecule has 0 radical (unpaired) electrons. The molecule has 0 aromatic heterocycles. The van der Waals surface area contributed by atoms with Gasteiger partial charge in [0.05, 0.1) is 13.1 Å². The summed E-state index contributed by atoms with van der Waals surface area (Å²) in [5.41, 5.74) is 0.937. The third-order valence-corrected chi connectivity index (χ3v) is 5.04. The highest BCUT2D eigenvalue weighted by atomic mass is 19.3. The molecule has 1 aliphatic heterocycles. The van der Waals surface area contributed by atoms with Crippen LogP contribution in [0.15, 0.2) is 48.5 Å². The molecule has 1 aliphatic rings. The Kier molecular flexibility index (Phi) is 6.85. The minimum absolute atomic E-state index is 0.0745. The smallest absolute Gasteiger partial charge is 0.274 e. The fourth-order valence-corrected chi connectivity index (χ4v) is 3.63. The van der Waals surface area contributed by atoms with E-state index >= 15 is 0 Å². The largest absolute Gasteiger partial charge is 0.333 e. The van der Waals surface area contributed by atoms with Crippen LogP contribution in [0, 0.1) is 12.7 Å². The molecule has 0 aliphatic carbocycles. The molecule has 3 rings (SSSR count). The number of urea groups is 1. The lowest BCUT2D eigenvalue weighted by atomic mass is 10.0. The topological polar surface area (TPSA) is 57.7 Å². The molecular weight excluding hydrogens is 447 g/mol. The number of alkyl halides is 4. The number of carbonyl (C=O) groups is 3. The summed E-state index contributed by atoms with van der Waals surface area (Å²) in [5.74, 6) is -10.3. The van der Waals surface area contributed by atoms with Gasteiger partial charge in [-0.3, -0.25) is 19.4 Å². The molecular formula is C23H21F5N2O3. The molecule has 0 saturated carbocycles. The van der Waals surface area contributed by atoms with Gasteiger partial charge in [0.2, 0.25) is 11.8 Å². The zero-order chi connectivity index (χ0) is 24.4. The monoisotopic (exact) mass is 468 g/mol. The lowest BCUT2D eigenvalue weighted by molar-refractivity contribution is -0.149. The van der Waals surface area contributed by atoms with E-state index in [4.69, 9.17) is 0 Å². The second kappa shape index (κ2) is 9.29. The first kappa shape index (κ1) is 24.3. The molecule has 0 spiro atoms. The molecule has 176 valence electrons. The SMILES string of the molecule is Cc1cccc(CC(F)(F)CN2C(=O)CC(=O)N(CC(F)(F)Cc3cccc(F)c3)C2=O)c1. The van der Waals surface area contributed by atoms with Crippen LogP contribution in [-0.2, 0) is 22.4 Å². The van der Waals surface area contributed by atoms with E-state index in [-0.39, 0.29) is 20.9 Å². The summed E-state index contributed by atoms with van der Waals surface area (Å²) in [4.78, 5) is 37.1. The van der Waals surface area contributed by atoms with Gasteiger partial charge in [-0.15, -0.1) is 0 Å². The van der Waals surface area contributed by atoms with Crippen LogP contribution in [0.5, 0.6) is 0 Å². The van der Waals surface area contributed by atoms with Crippen molar-refractivity contribution in [1.82, 2.24) is 9.80 Å². The van der Waals surface area contributed by atoms with Crippen molar-refractivity contribution >= 4 is 17.8 Å². The molecule has 33 heavy (non-hydrogen) atoms. The fourth-order valence-electron chi connectivity index (χ4n) is 3.63. The molecule has 0 atom stereocenters. The van der Waals surface area contributed by atoms with Crippen molar-refractivity contribution in [3.8, 4) is 0 Å². The van der Waals surface area contributed by atoms with Gasteiger partial charge in [-0.25, -0.2) is 26.7 Å². The van der Waals surface area contributed by atoms with Gasteiger partial charge in [0, 0.05) is 12.8 Å². The maximum absolute atomic E-state index is 14.6. The van der Waals surface area contributed by atoms with Gasteiger partial charge in [-0.2, -0.15) is 0 Å². The van der Waals surface area contributed by atoms with Crippen molar-refractivity contribution in [2.45, 2.75) is 38.0 Å². The number of imide groups is 2. The zero-order valence-corrected chi connectivity index (χ0v) is 17.7. The number of carbonyl (C=O) groups excluding carboxylic acids is 3. The summed E-state index contributed by atoms with van der Waals surface area (Å²) in [6, 6.07) is 9.19. The van der Waals surface area contributed by atoms with E-state index in [1.54, 1.807) is 19.1 Å². The molecule has 0 bridgehead atoms. The van der Waals surface area contributed by atoms with Crippen molar-refractivity contribution < 1.29 is 36.3 Å². The Hall–Kier alpha value is -3.30. The Bertz CT molecular complexity index is 992.